The molecule has 0 atom stereocenters. The molecule has 0 aliphatic carbocycles. The fraction of sp³-hybridized carbons (Fsp3) is 0.375. The van der Waals surface area contributed by atoms with Crippen LogP contribution < -0.4 is 10.5 Å². The van der Waals surface area contributed by atoms with Crippen molar-refractivity contribution in [3.05, 3.63) is 29.6 Å². The first-order valence-electron chi connectivity index (χ1n) is 7.27. The number of hydrogen-bond acceptors (Lipinski definition) is 4. The minimum Gasteiger partial charge on any atom is -0.497 e. The molecule has 2 aromatic heterocycles. The molecule has 0 aliphatic rings. The summed E-state index contributed by atoms with van der Waals surface area (Å²) in [6, 6.07) is 6.06. The number of rotatable bonds is 4. The lowest BCUT2D eigenvalue weighted by Gasteiger charge is -2.14. The second-order valence-corrected chi connectivity index (χ2v) is 5.29. The number of unbranched alkanes of at least 4 members (excludes halogenated alkanes) is 1. The Hall–Kier alpha value is -2.30. The summed E-state index contributed by atoms with van der Waals surface area (Å²) in [5.74, 6) is 1.68. The van der Waals surface area contributed by atoms with E-state index in [0.717, 1.165) is 58.6 Å². The van der Waals surface area contributed by atoms with Crippen LogP contribution in [0.5, 0.6) is 5.75 Å². The first-order valence-corrected chi connectivity index (χ1v) is 7.27. The highest BCUT2D eigenvalue weighted by molar-refractivity contribution is 5.93. The number of aryl methyl sites for hydroxylation is 2. The number of nitrogen functional groups attached to an aromatic ring is 1. The number of benzene rings is 1. The van der Waals surface area contributed by atoms with Crippen LogP contribution in [0.3, 0.4) is 0 Å². The highest BCUT2D eigenvalue weighted by Gasteiger charge is 2.16. The third-order valence-corrected chi connectivity index (χ3v) is 3.94. The standard InChI is InChI=1S/C16H20N4O/c1-4-5-6-12-13-9-11(21-3)7-8-14(13)20-10(2)18-19-16(20)15(12)17/h7-9H,4-6,17H2,1-3H3. The van der Waals surface area contributed by atoms with Gasteiger partial charge in [-0.1, -0.05) is 13.3 Å². The van der Waals surface area contributed by atoms with Crippen molar-refractivity contribution < 1.29 is 4.74 Å². The van der Waals surface area contributed by atoms with E-state index in [1.54, 1.807) is 7.11 Å². The smallest absolute Gasteiger partial charge is 0.184 e. The lowest BCUT2D eigenvalue weighted by molar-refractivity contribution is 0.415. The predicted octanol–water partition coefficient (Wildman–Crippen LogP) is 3.12. The summed E-state index contributed by atoms with van der Waals surface area (Å²) in [6.07, 6.45) is 3.16. The van der Waals surface area contributed by atoms with Gasteiger partial charge in [0.2, 0.25) is 0 Å². The lowest BCUT2D eigenvalue weighted by Crippen LogP contribution is -2.03. The van der Waals surface area contributed by atoms with E-state index in [1.165, 1.54) is 0 Å². The van der Waals surface area contributed by atoms with Gasteiger partial charge in [-0.3, -0.25) is 4.40 Å². The first-order chi connectivity index (χ1) is 10.2. The normalized spacial score (nSPS) is 11.4. The van der Waals surface area contributed by atoms with Gasteiger partial charge < -0.3 is 10.5 Å². The summed E-state index contributed by atoms with van der Waals surface area (Å²) in [5.41, 5.74) is 10.1. The van der Waals surface area contributed by atoms with Crippen LogP contribution in [0.2, 0.25) is 0 Å². The summed E-state index contributed by atoms with van der Waals surface area (Å²) >= 11 is 0. The molecule has 3 rings (SSSR count). The summed E-state index contributed by atoms with van der Waals surface area (Å²) in [6.45, 7) is 4.12. The molecule has 3 aromatic rings. The summed E-state index contributed by atoms with van der Waals surface area (Å²) in [4.78, 5) is 0. The van der Waals surface area contributed by atoms with Gasteiger partial charge >= 0.3 is 0 Å². The molecule has 1 aromatic carbocycles. The van der Waals surface area contributed by atoms with Crippen LogP contribution in [0, 0.1) is 6.92 Å². The third-order valence-electron chi connectivity index (χ3n) is 3.94. The maximum atomic E-state index is 6.37. The van der Waals surface area contributed by atoms with Crippen LogP contribution in [-0.4, -0.2) is 21.7 Å². The Kier molecular flexibility index (Phi) is 3.41. The SMILES string of the molecule is CCCCc1c(N)c2nnc(C)n2c2ccc(OC)cc12. The monoisotopic (exact) mass is 284 g/mol. The van der Waals surface area contributed by atoms with E-state index in [9.17, 15) is 0 Å². The van der Waals surface area contributed by atoms with Crippen molar-refractivity contribution in [3.8, 4) is 5.75 Å². The fourth-order valence-corrected chi connectivity index (χ4v) is 2.81. The zero-order valence-electron chi connectivity index (χ0n) is 12.7. The number of ether oxygens (including phenoxy) is 1. The molecule has 0 saturated carbocycles. The van der Waals surface area contributed by atoms with Gasteiger partial charge in [-0.05, 0) is 43.5 Å². The van der Waals surface area contributed by atoms with E-state index in [2.05, 4.69) is 23.2 Å². The van der Waals surface area contributed by atoms with E-state index in [0.29, 0.717) is 0 Å². The van der Waals surface area contributed by atoms with Crippen molar-refractivity contribution in [1.82, 2.24) is 14.6 Å². The molecule has 110 valence electrons. The van der Waals surface area contributed by atoms with Gasteiger partial charge in [-0.25, -0.2) is 0 Å². The van der Waals surface area contributed by atoms with Gasteiger partial charge in [0.15, 0.2) is 5.65 Å². The van der Waals surface area contributed by atoms with E-state index in [-0.39, 0.29) is 0 Å². The van der Waals surface area contributed by atoms with Crippen LogP contribution in [0.4, 0.5) is 5.69 Å². The molecule has 2 heterocycles. The van der Waals surface area contributed by atoms with Crippen LogP contribution in [0.1, 0.15) is 31.2 Å². The molecule has 0 fully saturated rings. The topological polar surface area (TPSA) is 65.4 Å². The molecule has 0 saturated heterocycles. The second-order valence-electron chi connectivity index (χ2n) is 5.29. The molecule has 0 spiro atoms. The molecular weight excluding hydrogens is 264 g/mol. The molecule has 0 unspecified atom stereocenters. The Labute approximate surface area is 123 Å². The number of hydrogen-bond donors (Lipinski definition) is 1. The maximum absolute atomic E-state index is 6.37. The van der Waals surface area contributed by atoms with Crippen molar-refractivity contribution in [2.24, 2.45) is 0 Å². The first kappa shape index (κ1) is 13.7. The summed E-state index contributed by atoms with van der Waals surface area (Å²) < 4.78 is 7.38. The molecule has 0 radical (unpaired) electrons. The van der Waals surface area contributed by atoms with Crippen molar-refractivity contribution in [3.63, 3.8) is 0 Å². The van der Waals surface area contributed by atoms with E-state index in [1.807, 2.05) is 23.5 Å². The minimum atomic E-state index is 0.727. The number of nitrogens with two attached hydrogens (primary N) is 1. The molecule has 21 heavy (non-hydrogen) atoms. The van der Waals surface area contributed by atoms with Crippen molar-refractivity contribution in [2.45, 2.75) is 33.1 Å². The molecule has 5 nitrogen and oxygen atoms in total. The third kappa shape index (κ3) is 2.09. The highest BCUT2D eigenvalue weighted by atomic mass is 16.5. The number of nitrogens with zero attached hydrogens (tertiary/aromatic N) is 3. The maximum Gasteiger partial charge on any atom is 0.184 e. The van der Waals surface area contributed by atoms with Crippen LogP contribution in [0.15, 0.2) is 18.2 Å². The Bertz CT molecular complexity index is 807. The molecule has 0 aliphatic heterocycles. The average molecular weight is 284 g/mol. The molecule has 0 bridgehead atoms. The minimum absolute atomic E-state index is 0.727. The second kappa shape index (κ2) is 5.24. The predicted molar refractivity (Wildman–Crippen MR) is 84.8 cm³/mol. The van der Waals surface area contributed by atoms with Gasteiger partial charge in [0.25, 0.3) is 0 Å². The van der Waals surface area contributed by atoms with Crippen molar-refractivity contribution in [2.75, 3.05) is 12.8 Å². The van der Waals surface area contributed by atoms with Crippen LogP contribution in [0.25, 0.3) is 16.6 Å². The Balaban J connectivity index is 2.41. The van der Waals surface area contributed by atoms with Crippen LogP contribution >= 0.6 is 0 Å². The van der Waals surface area contributed by atoms with Gasteiger partial charge in [0, 0.05) is 5.39 Å². The zero-order valence-corrected chi connectivity index (χ0v) is 12.7. The van der Waals surface area contributed by atoms with Gasteiger partial charge in [0.05, 0.1) is 18.3 Å². The van der Waals surface area contributed by atoms with E-state index < -0.39 is 0 Å². The Morgan fingerprint density at radius 2 is 2.10 bits per heavy atom. The lowest BCUT2D eigenvalue weighted by atomic mass is 10.0. The number of fused-ring (bicyclic) bond motifs is 3. The highest BCUT2D eigenvalue weighted by Crippen LogP contribution is 2.32. The van der Waals surface area contributed by atoms with E-state index in [4.69, 9.17) is 10.5 Å². The number of methoxy groups -OCH3 is 1. The number of pyridine rings is 1. The number of anilines is 1. The van der Waals surface area contributed by atoms with Gasteiger partial charge in [-0.15, -0.1) is 10.2 Å². The molecule has 5 heteroatoms. The van der Waals surface area contributed by atoms with E-state index >= 15 is 0 Å². The largest absolute Gasteiger partial charge is 0.497 e. The van der Waals surface area contributed by atoms with Gasteiger partial charge in [0.1, 0.15) is 11.6 Å². The van der Waals surface area contributed by atoms with Gasteiger partial charge in [-0.2, -0.15) is 0 Å². The molecule has 0 amide bonds. The van der Waals surface area contributed by atoms with Crippen LogP contribution in [-0.2, 0) is 6.42 Å². The average Bonchev–Trinajstić information content (AvgIpc) is 2.89. The Morgan fingerprint density at radius 3 is 2.81 bits per heavy atom. The quantitative estimate of drug-likeness (QED) is 0.799. The van der Waals surface area contributed by atoms with Crippen molar-refractivity contribution >= 4 is 22.2 Å². The molecular formula is C16H20N4O. The summed E-state index contributed by atoms with van der Waals surface area (Å²) in [5, 5.41) is 9.53. The molecule has 2 N–H and O–H groups in total. The van der Waals surface area contributed by atoms with Crippen molar-refractivity contribution in [1.29, 1.82) is 0 Å². The summed E-state index contributed by atoms with van der Waals surface area (Å²) in [7, 11) is 1.68. The fourth-order valence-electron chi connectivity index (χ4n) is 2.81. The number of aromatic nitrogens is 3. The zero-order chi connectivity index (χ0) is 15.0. The Morgan fingerprint density at radius 1 is 1.29 bits per heavy atom.